The Morgan fingerprint density at radius 2 is 1.31 bits per heavy atom. The highest BCUT2D eigenvalue weighted by Crippen LogP contribution is 2.23. The van der Waals surface area contributed by atoms with Gasteiger partial charge >= 0.3 is 10.1 Å². The topological polar surface area (TPSA) is 103 Å². The normalized spacial score (nSPS) is 11.7. The second-order valence-electron chi connectivity index (χ2n) is 5.45. The van der Waals surface area contributed by atoms with Gasteiger partial charge in [0.05, 0.1) is 10.9 Å². The molecule has 8 heteroatoms. The number of hydrogen-bond donors (Lipinski definition) is 0. The number of rotatable bonds is 4. The Morgan fingerprint density at radius 3 is 1.96 bits per heavy atom. The molecule has 2 heterocycles. The van der Waals surface area contributed by atoms with Crippen molar-refractivity contribution in [3.8, 4) is 17.0 Å². The molecule has 26 heavy (non-hydrogen) atoms. The molecule has 7 nitrogen and oxygen atoms in total. The minimum absolute atomic E-state index is 0.0687. The lowest BCUT2D eigenvalue weighted by Crippen LogP contribution is -2.15. The molecule has 4 rings (SSSR count). The van der Waals surface area contributed by atoms with E-state index in [0.29, 0.717) is 5.56 Å². The molecule has 2 aliphatic heterocycles. The van der Waals surface area contributed by atoms with Gasteiger partial charge in [-0.3, -0.25) is 9.59 Å². The van der Waals surface area contributed by atoms with Gasteiger partial charge in [-0.2, -0.15) is 13.4 Å². The summed E-state index contributed by atoms with van der Waals surface area (Å²) in [6.45, 7) is 0. The Kier molecular flexibility index (Phi) is 3.62. The quantitative estimate of drug-likeness (QED) is 0.500. The van der Waals surface area contributed by atoms with Crippen molar-refractivity contribution in [1.29, 1.82) is 0 Å². The molecule has 0 N–H and O–H groups in total. The van der Waals surface area contributed by atoms with E-state index in [2.05, 4.69) is 9.97 Å². The van der Waals surface area contributed by atoms with E-state index in [1.54, 1.807) is 48.5 Å². The van der Waals surface area contributed by atoms with Crippen LogP contribution in [0.15, 0.2) is 75.3 Å². The molecular formula is C18H10N2O5S. The van der Waals surface area contributed by atoms with Crippen LogP contribution >= 0.6 is 0 Å². The van der Waals surface area contributed by atoms with Crippen LogP contribution in [0, 0.1) is 10.4 Å². The smallest absolute Gasteiger partial charge is 0.357 e. The first-order valence-electron chi connectivity index (χ1n) is 7.53. The van der Waals surface area contributed by atoms with Crippen molar-refractivity contribution in [2.75, 3.05) is 0 Å². The fraction of sp³-hybridized carbons (Fsp3) is 0. The Labute approximate surface area is 147 Å². The summed E-state index contributed by atoms with van der Waals surface area (Å²) in [5.41, 5.74) is -1.15. The number of benzene rings is 2. The monoisotopic (exact) mass is 366 g/mol. The molecule has 0 amide bonds. The third-order valence-electron chi connectivity index (χ3n) is 3.78. The molecule has 0 aromatic heterocycles. The summed E-state index contributed by atoms with van der Waals surface area (Å²) in [5.74, 6) is 0.0687. The number of nitrogens with zero attached hydrogens (tertiary/aromatic N) is 2. The largest absolute Gasteiger partial charge is 0.378 e. The molecule has 0 saturated carbocycles. The second-order valence-corrected chi connectivity index (χ2v) is 6.92. The molecule has 2 aliphatic rings. The van der Waals surface area contributed by atoms with Crippen LogP contribution < -0.4 is 15.3 Å². The summed E-state index contributed by atoms with van der Waals surface area (Å²) in [7, 11) is -4.43. The SMILES string of the molecule is O=c1nc(-c2ccccc2)c2c(S(=O)(=O)Oc3ccccc3)nc(=O)c1=2. The standard InChI is InChI=1S/C18H10N2O5S/c21-16-14-13(15(19-16)11-7-3-1-4-8-11)18(20-17(14)22)26(23,24)25-12-9-5-2-6-10-12/h1-10H. The predicted octanol–water partition coefficient (Wildman–Crippen LogP) is 1.23. The molecule has 128 valence electrons. The van der Waals surface area contributed by atoms with Crippen LogP contribution in [0.3, 0.4) is 0 Å². The average Bonchev–Trinajstić information content (AvgIpc) is 3.15. The maximum absolute atomic E-state index is 12.7. The molecule has 0 spiro atoms. The minimum Gasteiger partial charge on any atom is -0.378 e. The van der Waals surface area contributed by atoms with E-state index in [1.165, 1.54) is 12.1 Å². The van der Waals surface area contributed by atoms with Crippen molar-refractivity contribution in [3.63, 3.8) is 0 Å². The van der Waals surface area contributed by atoms with Crippen LogP contribution in [-0.2, 0) is 10.1 Å². The van der Waals surface area contributed by atoms with Gasteiger partial charge in [0.15, 0.2) is 0 Å². The van der Waals surface area contributed by atoms with E-state index in [9.17, 15) is 18.0 Å². The first kappa shape index (κ1) is 16.1. The number of para-hydroxylation sites is 1. The van der Waals surface area contributed by atoms with Gasteiger partial charge in [-0.25, -0.2) is 4.98 Å². The zero-order chi connectivity index (χ0) is 18.3. The third-order valence-corrected chi connectivity index (χ3v) is 4.96. The van der Waals surface area contributed by atoms with Crippen molar-refractivity contribution >= 4 is 10.1 Å². The lowest BCUT2D eigenvalue weighted by molar-refractivity contribution is 0.482. The van der Waals surface area contributed by atoms with Gasteiger partial charge in [0.2, 0.25) is 5.03 Å². The van der Waals surface area contributed by atoms with Crippen LogP contribution in [0.5, 0.6) is 5.75 Å². The van der Waals surface area contributed by atoms with Crippen LogP contribution in [0.2, 0.25) is 0 Å². The van der Waals surface area contributed by atoms with Crippen LogP contribution in [0.25, 0.3) is 11.3 Å². The fourth-order valence-electron chi connectivity index (χ4n) is 2.68. The van der Waals surface area contributed by atoms with Crippen molar-refractivity contribution in [3.05, 3.63) is 91.8 Å². The summed E-state index contributed by atoms with van der Waals surface area (Å²) < 4.78 is 30.4. The maximum Gasteiger partial charge on any atom is 0.357 e. The van der Waals surface area contributed by atoms with Crippen LogP contribution in [-0.4, -0.2) is 18.4 Å². The highest BCUT2D eigenvalue weighted by molar-refractivity contribution is 7.87. The van der Waals surface area contributed by atoms with Crippen molar-refractivity contribution in [2.24, 2.45) is 0 Å². The average molecular weight is 366 g/mol. The van der Waals surface area contributed by atoms with E-state index < -0.39 is 26.3 Å². The lowest BCUT2D eigenvalue weighted by Gasteiger charge is -2.05. The molecule has 0 atom stereocenters. The van der Waals surface area contributed by atoms with E-state index >= 15 is 0 Å². The summed E-state index contributed by atoms with van der Waals surface area (Å²) in [5, 5.41) is -1.06. The Morgan fingerprint density at radius 1 is 0.731 bits per heavy atom. The van der Waals surface area contributed by atoms with Crippen molar-refractivity contribution in [1.82, 2.24) is 9.97 Å². The van der Waals surface area contributed by atoms with Gasteiger partial charge in [0.25, 0.3) is 11.1 Å². The van der Waals surface area contributed by atoms with Gasteiger partial charge in [-0.1, -0.05) is 48.5 Å². The van der Waals surface area contributed by atoms with Crippen LogP contribution in [0.4, 0.5) is 0 Å². The Hall–Kier alpha value is -3.39. The first-order valence-corrected chi connectivity index (χ1v) is 8.94. The summed E-state index contributed by atoms with van der Waals surface area (Å²) in [6, 6.07) is 16.3. The van der Waals surface area contributed by atoms with Gasteiger partial charge in [-0.05, 0) is 12.1 Å². The van der Waals surface area contributed by atoms with E-state index in [-0.39, 0.29) is 21.9 Å². The lowest BCUT2D eigenvalue weighted by atomic mass is 10.1. The van der Waals surface area contributed by atoms with Crippen molar-refractivity contribution < 1.29 is 12.6 Å². The highest BCUT2D eigenvalue weighted by Gasteiger charge is 2.28. The number of aromatic nitrogens is 2. The third kappa shape index (κ3) is 2.56. The molecule has 2 aromatic carbocycles. The zero-order valence-corrected chi connectivity index (χ0v) is 13.9. The van der Waals surface area contributed by atoms with Gasteiger partial charge in [0, 0.05) is 5.56 Å². The molecule has 0 saturated heterocycles. The van der Waals surface area contributed by atoms with Crippen molar-refractivity contribution in [2.45, 2.75) is 5.03 Å². The highest BCUT2D eigenvalue weighted by atomic mass is 32.2. The molecule has 0 aliphatic carbocycles. The van der Waals surface area contributed by atoms with E-state index in [0.717, 1.165) is 0 Å². The second kappa shape index (κ2) is 5.85. The summed E-state index contributed by atoms with van der Waals surface area (Å²) in [4.78, 5) is 31.6. The number of hydrogen-bond acceptors (Lipinski definition) is 7. The Balaban J connectivity index is 1.99. The zero-order valence-electron chi connectivity index (χ0n) is 13.1. The molecule has 0 unspecified atom stereocenters. The molecule has 0 fully saturated rings. The van der Waals surface area contributed by atoms with Gasteiger partial charge in [0.1, 0.15) is 11.0 Å². The van der Waals surface area contributed by atoms with Gasteiger partial charge < -0.3 is 4.18 Å². The van der Waals surface area contributed by atoms with Gasteiger partial charge in [-0.15, -0.1) is 0 Å². The Bertz CT molecular complexity index is 1340. The molecule has 0 radical (unpaired) electrons. The molecule has 0 bridgehead atoms. The molecule has 2 aromatic rings. The minimum atomic E-state index is -4.43. The first-order chi connectivity index (χ1) is 12.5. The summed E-state index contributed by atoms with van der Waals surface area (Å²) >= 11 is 0. The van der Waals surface area contributed by atoms with E-state index in [1.807, 2.05) is 0 Å². The fourth-order valence-corrected chi connectivity index (χ4v) is 3.76. The van der Waals surface area contributed by atoms with E-state index in [4.69, 9.17) is 4.18 Å². The molecular weight excluding hydrogens is 356 g/mol. The summed E-state index contributed by atoms with van der Waals surface area (Å²) in [6.07, 6.45) is 0. The van der Waals surface area contributed by atoms with Crippen LogP contribution in [0.1, 0.15) is 0 Å². The predicted molar refractivity (Wildman–Crippen MR) is 91.9 cm³/mol. The maximum atomic E-state index is 12.7.